The first-order valence-corrected chi connectivity index (χ1v) is 8.62. The summed E-state index contributed by atoms with van der Waals surface area (Å²) in [5.41, 5.74) is 8.89. The highest BCUT2D eigenvalue weighted by atomic mass is 32.2. The summed E-state index contributed by atoms with van der Waals surface area (Å²) < 4.78 is 5.14. The topological polar surface area (TPSA) is 55.6 Å². The van der Waals surface area contributed by atoms with Crippen molar-refractivity contribution in [3.8, 4) is 5.75 Å². The third-order valence-corrected chi connectivity index (χ3v) is 5.01. The van der Waals surface area contributed by atoms with Crippen LogP contribution in [0.4, 0.5) is 11.4 Å². The lowest BCUT2D eigenvalue weighted by Crippen LogP contribution is -2.36. The molecule has 1 amide bonds. The molecule has 0 aliphatic carbocycles. The van der Waals surface area contributed by atoms with Gasteiger partial charge < -0.3 is 15.4 Å². The lowest BCUT2D eigenvalue weighted by Gasteiger charge is -2.30. The van der Waals surface area contributed by atoms with Crippen molar-refractivity contribution in [3.63, 3.8) is 0 Å². The van der Waals surface area contributed by atoms with Gasteiger partial charge in [0.05, 0.1) is 12.9 Å². The molecule has 0 bridgehead atoms. The SMILES string of the molecule is COc1ccc(SCC(=O)N2CCCc3c(N)cccc32)cc1. The van der Waals surface area contributed by atoms with Gasteiger partial charge in [0, 0.05) is 22.8 Å². The highest BCUT2D eigenvalue weighted by molar-refractivity contribution is 8.00. The van der Waals surface area contributed by atoms with E-state index < -0.39 is 0 Å². The van der Waals surface area contributed by atoms with Crippen molar-refractivity contribution < 1.29 is 9.53 Å². The van der Waals surface area contributed by atoms with E-state index >= 15 is 0 Å². The molecule has 2 aromatic carbocycles. The van der Waals surface area contributed by atoms with Crippen LogP contribution < -0.4 is 15.4 Å². The number of carbonyl (C=O) groups is 1. The molecule has 2 N–H and O–H groups in total. The highest BCUT2D eigenvalue weighted by Gasteiger charge is 2.23. The lowest BCUT2D eigenvalue weighted by molar-refractivity contribution is -0.116. The van der Waals surface area contributed by atoms with E-state index in [4.69, 9.17) is 10.5 Å². The first-order valence-electron chi connectivity index (χ1n) is 7.63. The maximum Gasteiger partial charge on any atom is 0.237 e. The summed E-state index contributed by atoms with van der Waals surface area (Å²) in [7, 11) is 1.64. The van der Waals surface area contributed by atoms with Crippen LogP contribution in [-0.4, -0.2) is 25.3 Å². The summed E-state index contributed by atoms with van der Waals surface area (Å²) in [5.74, 6) is 1.36. The molecule has 0 fully saturated rings. The first-order chi connectivity index (χ1) is 11.2. The van der Waals surface area contributed by atoms with Crippen LogP contribution in [0.5, 0.6) is 5.75 Å². The average Bonchev–Trinajstić information content (AvgIpc) is 2.60. The lowest BCUT2D eigenvalue weighted by atomic mass is 10.00. The van der Waals surface area contributed by atoms with Gasteiger partial charge in [-0.2, -0.15) is 0 Å². The number of rotatable bonds is 4. The quantitative estimate of drug-likeness (QED) is 0.691. The molecule has 120 valence electrons. The molecule has 23 heavy (non-hydrogen) atoms. The Kier molecular flexibility index (Phi) is 4.76. The molecule has 0 saturated heterocycles. The summed E-state index contributed by atoms with van der Waals surface area (Å²) in [6, 6.07) is 13.6. The fraction of sp³-hybridized carbons (Fsp3) is 0.278. The van der Waals surface area contributed by atoms with E-state index in [1.54, 1.807) is 18.9 Å². The van der Waals surface area contributed by atoms with Gasteiger partial charge in [-0.15, -0.1) is 11.8 Å². The minimum Gasteiger partial charge on any atom is -0.497 e. The van der Waals surface area contributed by atoms with Gasteiger partial charge in [0.15, 0.2) is 0 Å². The maximum absolute atomic E-state index is 12.6. The number of nitrogens with two attached hydrogens (primary N) is 1. The van der Waals surface area contributed by atoms with Crippen LogP contribution in [0.25, 0.3) is 0 Å². The zero-order chi connectivity index (χ0) is 16.2. The van der Waals surface area contributed by atoms with Crippen LogP contribution in [0, 0.1) is 0 Å². The second-order valence-electron chi connectivity index (χ2n) is 5.46. The fourth-order valence-electron chi connectivity index (χ4n) is 2.81. The molecule has 0 saturated carbocycles. The van der Waals surface area contributed by atoms with Gasteiger partial charge in [-0.1, -0.05) is 6.07 Å². The summed E-state index contributed by atoms with van der Waals surface area (Å²) in [6.45, 7) is 0.762. The molecule has 5 heteroatoms. The predicted octanol–water partition coefficient (Wildman–Crippen LogP) is 3.35. The van der Waals surface area contributed by atoms with E-state index in [2.05, 4.69) is 0 Å². The number of amides is 1. The van der Waals surface area contributed by atoms with Crippen LogP contribution in [-0.2, 0) is 11.2 Å². The Labute approximate surface area is 140 Å². The van der Waals surface area contributed by atoms with Gasteiger partial charge in [-0.3, -0.25) is 4.79 Å². The van der Waals surface area contributed by atoms with Gasteiger partial charge >= 0.3 is 0 Å². The van der Waals surface area contributed by atoms with Crippen molar-refractivity contribution in [3.05, 3.63) is 48.0 Å². The molecule has 1 aliphatic rings. The van der Waals surface area contributed by atoms with Crippen molar-refractivity contribution in [1.82, 2.24) is 0 Å². The van der Waals surface area contributed by atoms with Gasteiger partial charge in [0.1, 0.15) is 5.75 Å². The van der Waals surface area contributed by atoms with E-state index in [9.17, 15) is 4.79 Å². The molecule has 0 radical (unpaired) electrons. The highest BCUT2D eigenvalue weighted by Crippen LogP contribution is 2.32. The monoisotopic (exact) mass is 328 g/mol. The van der Waals surface area contributed by atoms with Gasteiger partial charge in [0.2, 0.25) is 5.91 Å². The normalized spacial score (nSPS) is 13.5. The minimum atomic E-state index is 0.123. The zero-order valence-corrected chi connectivity index (χ0v) is 13.9. The second-order valence-corrected chi connectivity index (χ2v) is 6.51. The molecule has 2 aromatic rings. The van der Waals surface area contributed by atoms with Crippen LogP contribution >= 0.6 is 11.8 Å². The number of benzene rings is 2. The van der Waals surface area contributed by atoms with Crippen LogP contribution in [0.2, 0.25) is 0 Å². The fourth-order valence-corrected chi connectivity index (χ4v) is 3.58. The van der Waals surface area contributed by atoms with Crippen LogP contribution in [0.1, 0.15) is 12.0 Å². The van der Waals surface area contributed by atoms with Crippen molar-refractivity contribution in [2.24, 2.45) is 0 Å². The van der Waals surface area contributed by atoms with Crippen molar-refractivity contribution in [2.45, 2.75) is 17.7 Å². The predicted molar refractivity (Wildman–Crippen MR) is 95.2 cm³/mol. The molecule has 3 rings (SSSR count). The van der Waals surface area contributed by atoms with E-state index in [-0.39, 0.29) is 5.91 Å². The largest absolute Gasteiger partial charge is 0.497 e. The molecular weight excluding hydrogens is 308 g/mol. The van der Waals surface area contributed by atoms with E-state index in [0.717, 1.165) is 47.0 Å². The van der Waals surface area contributed by atoms with Crippen molar-refractivity contribution in [2.75, 3.05) is 30.0 Å². The third kappa shape index (κ3) is 3.45. The van der Waals surface area contributed by atoms with Gasteiger partial charge in [0.25, 0.3) is 0 Å². The second kappa shape index (κ2) is 6.96. The van der Waals surface area contributed by atoms with E-state index in [1.807, 2.05) is 47.4 Å². The number of anilines is 2. The Hall–Kier alpha value is -2.14. The molecule has 0 spiro atoms. The standard InChI is InChI=1S/C18H20N2O2S/c1-22-13-7-9-14(10-8-13)23-12-18(21)20-11-3-4-15-16(19)5-2-6-17(15)20/h2,5-10H,3-4,11-12,19H2,1H3. The zero-order valence-electron chi connectivity index (χ0n) is 13.1. The Bertz CT molecular complexity index is 701. The Balaban J connectivity index is 1.68. The van der Waals surface area contributed by atoms with Gasteiger partial charge in [-0.25, -0.2) is 0 Å². The molecule has 1 aliphatic heterocycles. The molecule has 1 heterocycles. The smallest absolute Gasteiger partial charge is 0.237 e. The Morgan fingerprint density at radius 2 is 2.04 bits per heavy atom. The van der Waals surface area contributed by atoms with Crippen molar-refractivity contribution in [1.29, 1.82) is 0 Å². The summed E-state index contributed by atoms with van der Waals surface area (Å²) >= 11 is 1.54. The van der Waals surface area contributed by atoms with Crippen molar-refractivity contribution >= 4 is 29.0 Å². The first kappa shape index (κ1) is 15.7. The summed E-state index contributed by atoms with van der Waals surface area (Å²) in [6.07, 6.45) is 1.90. The molecule has 0 unspecified atom stereocenters. The van der Waals surface area contributed by atoms with E-state index in [0.29, 0.717) is 5.75 Å². The molecule has 0 atom stereocenters. The number of thioether (sulfide) groups is 1. The number of methoxy groups -OCH3 is 1. The summed E-state index contributed by atoms with van der Waals surface area (Å²) in [5, 5.41) is 0. The number of nitrogens with zero attached hydrogens (tertiary/aromatic N) is 1. The maximum atomic E-state index is 12.6. The summed E-state index contributed by atoms with van der Waals surface area (Å²) in [4.78, 5) is 15.5. The number of hydrogen-bond donors (Lipinski definition) is 1. The Morgan fingerprint density at radius 1 is 1.26 bits per heavy atom. The minimum absolute atomic E-state index is 0.123. The third-order valence-electron chi connectivity index (χ3n) is 4.01. The van der Waals surface area contributed by atoms with Gasteiger partial charge in [-0.05, 0) is 54.8 Å². The average molecular weight is 328 g/mol. The number of nitrogen functional groups attached to an aromatic ring is 1. The van der Waals surface area contributed by atoms with Crippen LogP contribution in [0.3, 0.4) is 0 Å². The number of ether oxygens (including phenoxy) is 1. The number of fused-ring (bicyclic) bond motifs is 1. The number of carbonyl (C=O) groups excluding carboxylic acids is 1. The number of hydrogen-bond acceptors (Lipinski definition) is 4. The molecule has 0 aromatic heterocycles. The molecule has 4 nitrogen and oxygen atoms in total. The molecular formula is C18H20N2O2S. The van der Waals surface area contributed by atoms with E-state index in [1.165, 1.54) is 0 Å². The Morgan fingerprint density at radius 3 is 2.78 bits per heavy atom. The van der Waals surface area contributed by atoms with Crippen LogP contribution in [0.15, 0.2) is 47.4 Å².